The molecule has 0 bridgehead atoms. The van der Waals surface area contributed by atoms with E-state index in [1.807, 2.05) is 0 Å². The quantitative estimate of drug-likeness (QED) is 0.612. The maximum atomic E-state index is 9.15. The lowest BCUT2D eigenvalue weighted by Crippen LogP contribution is -2.36. The zero-order valence-electron chi connectivity index (χ0n) is 6.42. The van der Waals surface area contributed by atoms with E-state index in [1.165, 1.54) is 0 Å². The van der Waals surface area contributed by atoms with Crippen LogP contribution < -0.4 is 0 Å². The topological polar surface area (TPSA) is 23.5 Å². The van der Waals surface area contributed by atoms with E-state index in [9.17, 15) is 0 Å². The molecule has 1 saturated heterocycles. The number of likely N-dealkylation sites (tertiary alicyclic amines) is 1. The van der Waals surface area contributed by atoms with Crippen LogP contribution in [0.15, 0.2) is 0 Å². The maximum absolute atomic E-state index is 9.15. The fourth-order valence-corrected chi connectivity index (χ4v) is 1.37. The zero-order valence-corrected chi connectivity index (χ0v) is 6.42. The van der Waals surface area contributed by atoms with Crippen molar-refractivity contribution in [2.45, 2.75) is 25.4 Å². The molecule has 0 amide bonds. The number of hydrogen-bond acceptors (Lipinski definition) is 2. The summed E-state index contributed by atoms with van der Waals surface area (Å²) in [5.41, 5.74) is 0. The van der Waals surface area contributed by atoms with E-state index in [-0.39, 0.29) is 6.10 Å². The predicted molar refractivity (Wildman–Crippen MR) is 41.7 cm³/mol. The highest BCUT2D eigenvalue weighted by molar-refractivity contribution is 4.70. The third kappa shape index (κ3) is 2.27. The van der Waals surface area contributed by atoms with Gasteiger partial charge in [0.15, 0.2) is 0 Å². The van der Waals surface area contributed by atoms with Gasteiger partial charge in [-0.2, -0.15) is 0 Å². The summed E-state index contributed by atoms with van der Waals surface area (Å²) in [7, 11) is 0. The molecule has 1 heterocycles. The Labute approximate surface area is 62.8 Å². The molecule has 0 saturated carbocycles. The normalized spacial score (nSPS) is 23.4. The summed E-state index contributed by atoms with van der Waals surface area (Å²) in [5.74, 6) is 0. The summed E-state index contributed by atoms with van der Waals surface area (Å²) in [6.45, 7) is 6.99. The second-order valence-electron chi connectivity index (χ2n) is 2.93. The van der Waals surface area contributed by atoms with Gasteiger partial charge < -0.3 is 10.0 Å². The van der Waals surface area contributed by atoms with Crippen LogP contribution in [0.1, 0.15) is 19.3 Å². The van der Waals surface area contributed by atoms with Gasteiger partial charge in [-0.25, -0.2) is 0 Å². The minimum absolute atomic E-state index is 0.0407. The van der Waals surface area contributed by atoms with Gasteiger partial charge in [-0.3, -0.25) is 0 Å². The van der Waals surface area contributed by atoms with Gasteiger partial charge in [0.2, 0.25) is 0 Å². The van der Waals surface area contributed by atoms with E-state index in [0.717, 1.165) is 38.9 Å². The number of nitrogens with zero attached hydrogens (tertiary/aromatic N) is 1. The standard InChI is InChI=1S/C8H16NO/c1-2-5-9-6-3-8(10)4-7-9/h8,10H,1-7H2. The predicted octanol–water partition coefficient (Wildman–Crippen LogP) is 0.667. The van der Waals surface area contributed by atoms with E-state index in [1.54, 1.807) is 0 Å². The summed E-state index contributed by atoms with van der Waals surface area (Å²) in [6.07, 6.45) is 2.83. The Kier molecular flexibility index (Phi) is 3.16. The maximum Gasteiger partial charge on any atom is 0.0564 e. The number of hydrogen-bond donors (Lipinski definition) is 1. The van der Waals surface area contributed by atoms with Crippen LogP contribution in [0.5, 0.6) is 0 Å². The van der Waals surface area contributed by atoms with Gasteiger partial charge in [-0.1, -0.05) is 6.92 Å². The number of aliphatic hydroxyl groups is 1. The highest BCUT2D eigenvalue weighted by Crippen LogP contribution is 2.09. The Balaban J connectivity index is 2.13. The van der Waals surface area contributed by atoms with Crippen molar-refractivity contribution >= 4 is 0 Å². The van der Waals surface area contributed by atoms with E-state index >= 15 is 0 Å². The number of piperidine rings is 1. The first-order valence-electron chi connectivity index (χ1n) is 4.02. The highest BCUT2D eigenvalue weighted by Gasteiger charge is 2.15. The Bertz CT molecular complexity index is 87.3. The van der Waals surface area contributed by atoms with Gasteiger partial charge in [-0.05, 0) is 25.8 Å². The third-order valence-electron chi connectivity index (χ3n) is 2.03. The van der Waals surface area contributed by atoms with E-state index in [0.29, 0.717) is 0 Å². The molecule has 1 rings (SSSR count). The molecule has 1 aliphatic rings. The Morgan fingerprint density at radius 3 is 2.50 bits per heavy atom. The molecule has 10 heavy (non-hydrogen) atoms. The molecule has 0 aliphatic carbocycles. The van der Waals surface area contributed by atoms with Gasteiger partial charge in [0.05, 0.1) is 6.10 Å². The van der Waals surface area contributed by atoms with Crippen LogP contribution in [0.4, 0.5) is 0 Å². The summed E-state index contributed by atoms with van der Waals surface area (Å²) < 4.78 is 0. The van der Waals surface area contributed by atoms with Crippen LogP contribution in [0.2, 0.25) is 0 Å². The molecule has 0 aromatic heterocycles. The van der Waals surface area contributed by atoms with Crippen LogP contribution in [0.3, 0.4) is 0 Å². The van der Waals surface area contributed by atoms with Crippen LogP contribution in [-0.2, 0) is 0 Å². The zero-order chi connectivity index (χ0) is 7.40. The fraction of sp³-hybridized carbons (Fsp3) is 0.875. The largest absolute Gasteiger partial charge is 0.393 e. The van der Waals surface area contributed by atoms with Crippen molar-refractivity contribution in [3.63, 3.8) is 0 Å². The van der Waals surface area contributed by atoms with Crippen molar-refractivity contribution in [1.82, 2.24) is 4.90 Å². The van der Waals surface area contributed by atoms with Gasteiger partial charge in [0.1, 0.15) is 0 Å². The molecule has 1 radical (unpaired) electrons. The van der Waals surface area contributed by atoms with E-state index < -0.39 is 0 Å². The lowest BCUT2D eigenvalue weighted by molar-refractivity contribution is 0.0834. The molecule has 0 aromatic rings. The van der Waals surface area contributed by atoms with Crippen molar-refractivity contribution in [1.29, 1.82) is 0 Å². The van der Waals surface area contributed by atoms with E-state index in [4.69, 9.17) is 5.11 Å². The molecule has 2 nitrogen and oxygen atoms in total. The SMILES string of the molecule is [CH2]CCN1CCC(O)CC1. The van der Waals surface area contributed by atoms with Crippen LogP contribution in [0.25, 0.3) is 0 Å². The van der Waals surface area contributed by atoms with Gasteiger partial charge in [0, 0.05) is 13.1 Å². The first-order chi connectivity index (χ1) is 4.83. The molecule has 1 N–H and O–H groups in total. The Hall–Kier alpha value is -0.0800. The molecular weight excluding hydrogens is 126 g/mol. The summed E-state index contributed by atoms with van der Waals surface area (Å²) in [4.78, 5) is 2.36. The Morgan fingerprint density at radius 1 is 1.40 bits per heavy atom. The molecule has 0 aromatic carbocycles. The van der Waals surface area contributed by atoms with Crippen molar-refractivity contribution in [3.8, 4) is 0 Å². The van der Waals surface area contributed by atoms with Crippen molar-refractivity contribution in [3.05, 3.63) is 6.92 Å². The monoisotopic (exact) mass is 142 g/mol. The molecule has 1 fully saturated rings. The average Bonchev–Trinajstić information content (AvgIpc) is 1.95. The number of rotatable bonds is 2. The van der Waals surface area contributed by atoms with E-state index in [2.05, 4.69) is 11.8 Å². The van der Waals surface area contributed by atoms with Crippen LogP contribution >= 0.6 is 0 Å². The second kappa shape index (κ2) is 3.94. The number of aliphatic hydroxyl groups excluding tert-OH is 1. The van der Waals surface area contributed by atoms with Crippen LogP contribution in [0, 0.1) is 6.92 Å². The van der Waals surface area contributed by atoms with Crippen LogP contribution in [-0.4, -0.2) is 35.7 Å². The van der Waals surface area contributed by atoms with Crippen molar-refractivity contribution in [2.24, 2.45) is 0 Å². The summed E-state index contributed by atoms with van der Waals surface area (Å²) in [6, 6.07) is 0. The molecule has 59 valence electrons. The molecule has 0 spiro atoms. The molecule has 0 unspecified atom stereocenters. The average molecular weight is 142 g/mol. The summed E-state index contributed by atoms with van der Waals surface area (Å²) >= 11 is 0. The van der Waals surface area contributed by atoms with Gasteiger partial charge >= 0.3 is 0 Å². The van der Waals surface area contributed by atoms with Crippen molar-refractivity contribution in [2.75, 3.05) is 19.6 Å². The Morgan fingerprint density at radius 2 is 2.00 bits per heavy atom. The molecule has 0 atom stereocenters. The second-order valence-corrected chi connectivity index (χ2v) is 2.93. The summed E-state index contributed by atoms with van der Waals surface area (Å²) in [5, 5.41) is 9.15. The first-order valence-corrected chi connectivity index (χ1v) is 4.02. The molecule has 1 aliphatic heterocycles. The van der Waals surface area contributed by atoms with Crippen molar-refractivity contribution < 1.29 is 5.11 Å². The lowest BCUT2D eigenvalue weighted by atomic mass is 10.1. The third-order valence-corrected chi connectivity index (χ3v) is 2.03. The fourth-order valence-electron chi connectivity index (χ4n) is 1.37. The minimum Gasteiger partial charge on any atom is -0.393 e. The smallest absolute Gasteiger partial charge is 0.0564 e. The lowest BCUT2D eigenvalue weighted by Gasteiger charge is -2.28. The minimum atomic E-state index is -0.0407. The molecule has 2 heteroatoms. The highest BCUT2D eigenvalue weighted by atomic mass is 16.3. The van der Waals surface area contributed by atoms with Gasteiger partial charge in [-0.15, -0.1) is 0 Å². The van der Waals surface area contributed by atoms with Gasteiger partial charge in [0.25, 0.3) is 0 Å². The first kappa shape index (κ1) is 8.02. The molecular formula is C8H16NO.